The van der Waals surface area contributed by atoms with Gasteiger partial charge in [0.2, 0.25) is 0 Å². The predicted molar refractivity (Wildman–Crippen MR) is 94.0 cm³/mol. The van der Waals surface area contributed by atoms with Crippen LogP contribution in [-0.2, 0) is 5.60 Å². The summed E-state index contributed by atoms with van der Waals surface area (Å²) >= 11 is 4.91. The van der Waals surface area contributed by atoms with Crippen molar-refractivity contribution in [3.8, 4) is 5.75 Å². The van der Waals surface area contributed by atoms with Crippen LogP contribution in [-0.4, -0.2) is 24.7 Å². The molecule has 2 N–H and O–H groups in total. The van der Waals surface area contributed by atoms with Gasteiger partial charge in [-0.3, -0.25) is 4.79 Å². The molecule has 6 heteroatoms. The molecule has 1 aliphatic carbocycles. The highest BCUT2D eigenvalue weighted by Gasteiger charge is 2.46. The molecule has 3 rings (SSSR count). The molecule has 0 saturated heterocycles. The number of methoxy groups -OCH3 is 1. The molecule has 4 nitrogen and oxygen atoms in total. The number of rotatable bonds is 6. The van der Waals surface area contributed by atoms with Gasteiger partial charge >= 0.3 is 0 Å². The van der Waals surface area contributed by atoms with Crippen LogP contribution >= 0.6 is 27.3 Å². The minimum Gasteiger partial charge on any atom is -0.497 e. The van der Waals surface area contributed by atoms with E-state index < -0.39 is 5.60 Å². The molecular weight excluding hydrogens is 378 g/mol. The number of nitrogens with one attached hydrogen (secondary N) is 1. The van der Waals surface area contributed by atoms with E-state index in [0.717, 1.165) is 17.7 Å². The van der Waals surface area contributed by atoms with E-state index in [2.05, 4.69) is 21.2 Å². The summed E-state index contributed by atoms with van der Waals surface area (Å²) in [5.41, 5.74) is -0.483. The number of hydrogen-bond donors (Lipinski definition) is 2. The van der Waals surface area contributed by atoms with Gasteiger partial charge < -0.3 is 15.2 Å². The molecule has 0 spiro atoms. The number of halogens is 1. The van der Waals surface area contributed by atoms with Gasteiger partial charge in [-0.2, -0.15) is 0 Å². The van der Waals surface area contributed by atoms with Crippen molar-refractivity contribution in [1.29, 1.82) is 0 Å². The summed E-state index contributed by atoms with van der Waals surface area (Å²) in [6.45, 7) is 0.209. The summed E-state index contributed by atoms with van der Waals surface area (Å²) in [7, 11) is 1.56. The first kappa shape index (κ1) is 16.5. The lowest BCUT2D eigenvalue weighted by Crippen LogP contribution is -2.42. The standard InChI is InChI=1S/C17H18BrNO3S/c1-22-12-6-7-14(18)13(9-12)16(20)19-10-17(21,11-4-5-11)15-3-2-8-23-15/h2-3,6-9,11,21H,4-5,10H2,1H3,(H,19,20)/t17-/m0/s1. The third kappa shape index (κ3) is 3.44. The maximum Gasteiger partial charge on any atom is 0.252 e. The fourth-order valence-electron chi connectivity index (χ4n) is 2.63. The van der Waals surface area contributed by atoms with Gasteiger partial charge in [0.1, 0.15) is 11.4 Å². The normalized spacial score (nSPS) is 16.7. The van der Waals surface area contributed by atoms with Crippen LogP contribution < -0.4 is 10.1 Å². The third-order valence-corrected chi connectivity index (χ3v) is 5.87. The number of hydrogen-bond acceptors (Lipinski definition) is 4. The second kappa shape index (κ2) is 6.63. The van der Waals surface area contributed by atoms with Crippen LogP contribution in [0.25, 0.3) is 0 Å². The molecule has 0 aliphatic heterocycles. The van der Waals surface area contributed by atoms with Crippen molar-refractivity contribution in [3.05, 3.63) is 50.6 Å². The number of benzene rings is 1. The first-order valence-corrected chi connectivity index (χ1v) is 9.10. The van der Waals surface area contributed by atoms with Gasteiger partial charge in [-0.25, -0.2) is 0 Å². The van der Waals surface area contributed by atoms with Gasteiger partial charge in [0.05, 0.1) is 19.2 Å². The zero-order chi connectivity index (χ0) is 16.4. The Bertz CT molecular complexity index is 700. The zero-order valence-corrected chi connectivity index (χ0v) is 15.1. The van der Waals surface area contributed by atoms with Crippen molar-refractivity contribution in [2.75, 3.05) is 13.7 Å². The second-order valence-corrected chi connectivity index (χ2v) is 7.51. The number of ether oxygens (including phenoxy) is 1. The summed E-state index contributed by atoms with van der Waals surface area (Å²) in [5, 5.41) is 15.9. The van der Waals surface area contributed by atoms with Crippen molar-refractivity contribution in [1.82, 2.24) is 5.32 Å². The van der Waals surface area contributed by atoms with E-state index in [-0.39, 0.29) is 18.4 Å². The molecule has 1 aliphatic rings. The Labute approximate surface area is 147 Å². The van der Waals surface area contributed by atoms with Gasteiger partial charge in [0.25, 0.3) is 5.91 Å². The summed E-state index contributed by atoms with van der Waals surface area (Å²) in [6, 6.07) is 9.10. The van der Waals surface area contributed by atoms with Crippen molar-refractivity contribution >= 4 is 33.2 Å². The van der Waals surface area contributed by atoms with Crippen molar-refractivity contribution < 1.29 is 14.6 Å². The van der Waals surface area contributed by atoms with Crippen molar-refractivity contribution in [2.24, 2.45) is 5.92 Å². The maximum atomic E-state index is 12.5. The maximum absolute atomic E-state index is 12.5. The Balaban J connectivity index is 1.75. The lowest BCUT2D eigenvalue weighted by Gasteiger charge is -2.27. The predicted octanol–water partition coefficient (Wildman–Crippen LogP) is 3.55. The molecule has 2 aromatic rings. The van der Waals surface area contributed by atoms with Crippen molar-refractivity contribution in [3.63, 3.8) is 0 Å². The fourth-order valence-corrected chi connectivity index (χ4v) is 3.96. The molecule has 122 valence electrons. The molecule has 1 atom stereocenters. The van der Waals surface area contributed by atoms with Crippen molar-refractivity contribution in [2.45, 2.75) is 18.4 Å². The van der Waals surface area contributed by atoms with E-state index in [0.29, 0.717) is 15.8 Å². The summed E-state index contributed by atoms with van der Waals surface area (Å²) < 4.78 is 5.86. The smallest absolute Gasteiger partial charge is 0.252 e. The Morgan fingerprint density at radius 3 is 2.87 bits per heavy atom. The Morgan fingerprint density at radius 1 is 1.48 bits per heavy atom. The first-order chi connectivity index (χ1) is 11.0. The molecule has 23 heavy (non-hydrogen) atoms. The Morgan fingerprint density at radius 2 is 2.26 bits per heavy atom. The molecule has 0 radical (unpaired) electrons. The van der Waals surface area contributed by atoms with Crippen LogP contribution in [0.15, 0.2) is 40.2 Å². The fraction of sp³-hybridized carbons (Fsp3) is 0.353. The van der Waals surface area contributed by atoms with E-state index in [1.54, 1.807) is 25.3 Å². The minimum atomic E-state index is -0.977. The molecule has 1 aromatic heterocycles. The monoisotopic (exact) mass is 395 g/mol. The van der Waals surface area contributed by atoms with E-state index in [1.165, 1.54) is 11.3 Å². The molecule has 1 fully saturated rings. The number of carbonyl (C=O) groups excluding carboxylic acids is 1. The molecule has 1 aromatic carbocycles. The highest BCUT2D eigenvalue weighted by molar-refractivity contribution is 9.10. The van der Waals surface area contributed by atoms with Gasteiger partial charge in [0.15, 0.2) is 0 Å². The molecule has 0 unspecified atom stereocenters. The van der Waals surface area contributed by atoms with Gasteiger partial charge in [-0.1, -0.05) is 6.07 Å². The summed E-state index contributed by atoms with van der Waals surface area (Å²) in [6.07, 6.45) is 1.99. The van der Waals surface area contributed by atoms with Gasteiger partial charge in [-0.15, -0.1) is 11.3 Å². The lowest BCUT2D eigenvalue weighted by molar-refractivity contribution is 0.0169. The highest BCUT2D eigenvalue weighted by Crippen LogP contribution is 2.46. The molecule has 1 heterocycles. The van der Waals surface area contributed by atoms with Gasteiger partial charge in [-0.05, 0) is 64.3 Å². The number of thiophene rings is 1. The van der Waals surface area contributed by atoms with Crippen LogP contribution in [0.1, 0.15) is 28.1 Å². The van der Waals surface area contributed by atoms with Crippen LogP contribution in [0.4, 0.5) is 0 Å². The SMILES string of the molecule is COc1ccc(Br)c(C(=O)NC[C@@](O)(c2cccs2)C2CC2)c1. The summed E-state index contributed by atoms with van der Waals surface area (Å²) in [5.74, 6) is 0.607. The zero-order valence-electron chi connectivity index (χ0n) is 12.7. The first-order valence-electron chi connectivity index (χ1n) is 7.42. The summed E-state index contributed by atoms with van der Waals surface area (Å²) in [4.78, 5) is 13.4. The number of amides is 1. The molecule has 0 bridgehead atoms. The third-order valence-electron chi connectivity index (χ3n) is 4.14. The van der Waals surface area contributed by atoms with Crippen LogP contribution in [0.3, 0.4) is 0 Å². The van der Waals surface area contributed by atoms with E-state index in [1.807, 2.05) is 17.5 Å². The number of aliphatic hydroxyl groups is 1. The Hall–Kier alpha value is -1.37. The van der Waals surface area contributed by atoms with Crippen LogP contribution in [0.5, 0.6) is 5.75 Å². The molecule has 1 saturated carbocycles. The molecule has 1 amide bonds. The average Bonchev–Trinajstić information content (AvgIpc) is 3.28. The van der Waals surface area contributed by atoms with E-state index in [4.69, 9.17) is 4.74 Å². The van der Waals surface area contributed by atoms with E-state index >= 15 is 0 Å². The number of carbonyl (C=O) groups is 1. The van der Waals surface area contributed by atoms with Gasteiger partial charge in [0, 0.05) is 9.35 Å². The Kier molecular flexibility index (Phi) is 4.75. The topological polar surface area (TPSA) is 58.6 Å². The largest absolute Gasteiger partial charge is 0.497 e. The molecular formula is C17H18BrNO3S. The minimum absolute atomic E-state index is 0.209. The van der Waals surface area contributed by atoms with Crippen LogP contribution in [0.2, 0.25) is 0 Å². The lowest BCUT2D eigenvalue weighted by atomic mass is 9.95. The quantitative estimate of drug-likeness (QED) is 0.785. The highest BCUT2D eigenvalue weighted by atomic mass is 79.9. The van der Waals surface area contributed by atoms with E-state index in [9.17, 15) is 9.90 Å². The second-order valence-electron chi connectivity index (χ2n) is 5.70. The average molecular weight is 396 g/mol. The van der Waals surface area contributed by atoms with Crippen LogP contribution in [0, 0.1) is 5.92 Å².